The molecule has 1 atom stereocenters. The lowest BCUT2D eigenvalue weighted by Crippen LogP contribution is -2.47. The molecule has 1 unspecified atom stereocenters. The number of rotatable bonds is 10. The number of nitrogens with one attached hydrogen (secondary N) is 2. The van der Waals surface area contributed by atoms with Gasteiger partial charge >= 0.3 is 18.2 Å². The fourth-order valence-corrected chi connectivity index (χ4v) is 4.79. The summed E-state index contributed by atoms with van der Waals surface area (Å²) in [7, 11) is 0. The summed E-state index contributed by atoms with van der Waals surface area (Å²) in [5.74, 6) is -0.0745. The number of ether oxygens (including phenoxy) is 3. The Bertz CT molecular complexity index is 858. The van der Waals surface area contributed by atoms with Crippen molar-refractivity contribution in [2.24, 2.45) is 5.92 Å². The maximum Gasteiger partial charge on any atom is 0.408 e. The molecule has 2 N–H and O–H groups in total. The molecule has 3 rings (SSSR count). The molecular weight excluding hydrogens is 474 g/mol. The molecule has 9 heteroatoms. The van der Waals surface area contributed by atoms with Crippen LogP contribution in [0.2, 0.25) is 0 Å². The Morgan fingerprint density at radius 2 is 1.68 bits per heavy atom. The zero-order valence-electron chi connectivity index (χ0n) is 22.5. The molecule has 37 heavy (non-hydrogen) atoms. The lowest BCUT2D eigenvalue weighted by Gasteiger charge is -2.33. The minimum Gasteiger partial charge on any atom is -0.461 e. The average Bonchev–Trinajstić information content (AvgIpc) is 3.36. The van der Waals surface area contributed by atoms with Crippen LogP contribution in [0.3, 0.4) is 0 Å². The normalized spacial score (nSPS) is 18.1. The number of amides is 2. The summed E-state index contributed by atoms with van der Waals surface area (Å²) in [6.45, 7) is 8.61. The Kier molecular flexibility index (Phi) is 11.0. The number of carbonyl (C=O) groups excluding carboxylic acids is 3. The van der Waals surface area contributed by atoms with Gasteiger partial charge in [0.15, 0.2) is 0 Å². The second-order valence-corrected chi connectivity index (χ2v) is 11.1. The molecule has 206 valence electrons. The summed E-state index contributed by atoms with van der Waals surface area (Å²) in [6, 6.07) is 8.86. The summed E-state index contributed by atoms with van der Waals surface area (Å²) >= 11 is 0. The van der Waals surface area contributed by atoms with Gasteiger partial charge in [-0.25, -0.2) is 14.4 Å². The summed E-state index contributed by atoms with van der Waals surface area (Å²) < 4.78 is 16.4. The van der Waals surface area contributed by atoms with E-state index in [9.17, 15) is 14.4 Å². The SMILES string of the molecule is CC(C)(C)OC(=O)NC(CC1CCN(CCNC(=O)OCc2ccccc2)CC1)C(=O)OC1CCCC1. The monoisotopic (exact) mass is 517 g/mol. The summed E-state index contributed by atoms with van der Waals surface area (Å²) in [6.07, 6.45) is 5.18. The summed E-state index contributed by atoms with van der Waals surface area (Å²) in [5, 5.41) is 5.57. The maximum atomic E-state index is 12.9. The number of nitrogens with zero attached hydrogens (tertiary/aromatic N) is 1. The topological polar surface area (TPSA) is 106 Å². The fourth-order valence-electron chi connectivity index (χ4n) is 4.79. The van der Waals surface area contributed by atoms with Gasteiger partial charge in [0.05, 0.1) is 0 Å². The lowest BCUT2D eigenvalue weighted by atomic mass is 9.90. The van der Waals surface area contributed by atoms with Gasteiger partial charge in [-0.3, -0.25) is 0 Å². The molecule has 2 amide bonds. The van der Waals surface area contributed by atoms with Crippen molar-refractivity contribution in [2.45, 2.75) is 90.1 Å². The molecule has 2 aliphatic rings. The van der Waals surface area contributed by atoms with Crippen LogP contribution in [-0.2, 0) is 25.6 Å². The van der Waals surface area contributed by atoms with E-state index in [1.54, 1.807) is 20.8 Å². The second kappa shape index (κ2) is 14.2. The standard InChI is InChI=1S/C28H43N3O6/c1-28(2,3)37-27(34)30-24(25(32)36-23-11-7-8-12-23)19-21-13-16-31(17-14-21)18-15-29-26(33)35-20-22-9-5-4-6-10-22/h4-6,9-10,21,23-24H,7-8,11-20H2,1-3H3,(H,29,33)(H,30,34). The Morgan fingerprint density at radius 1 is 1.00 bits per heavy atom. The molecule has 1 aliphatic heterocycles. The number of alkyl carbamates (subject to hydrolysis) is 2. The van der Waals surface area contributed by atoms with Crippen LogP contribution >= 0.6 is 0 Å². The van der Waals surface area contributed by atoms with E-state index < -0.39 is 23.8 Å². The van der Waals surface area contributed by atoms with E-state index in [0.717, 1.165) is 63.7 Å². The van der Waals surface area contributed by atoms with Crippen LogP contribution in [0, 0.1) is 5.92 Å². The number of hydrogen-bond donors (Lipinski definition) is 2. The predicted octanol–water partition coefficient (Wildman–Crippen LogP) is 4.39. The molecule has 1 aliphatic carbocycles. The summed E-state index contributed by atoms with van der Waals surface area (Å²) in [5.41, 5.74) is 0.309. The molecule has 0 bridgehead atoms. The Hall–Kier alpha value is -2.81. The first-order valence-electron chi connectivity index (χ1n) is 13.5. The zero-order chi connectivity index (χ0) is 26.7. The van der Waals surface area contributed by atoms with E-state index >= 15 is 0 Å². The molecule has 9 nitrogen and oxygen atoms in total. The molecule has 0 spiro atoms. The predicted molar refractivity (Wildman–Crippen MR) is 140 cm³/mol. The average molecular weight is 518 g/mol. The van der Waals surface area contributed by atoms with Crippen molar-refractivity contribution in [1.29, 1.82) is 0 Å². The van der Waals surface area contributed by atoms with E-state index in [4.69, 9.17) is 14.2 Å². The molecule has 0 aromatic heterocycles. The van der Waals surface area contributed by atoms with Crippen molar-refractivity contribution in [1.82, 2.24) is 15.5 Å². The molecule has 0 radical (unpaired) electrons. The molecule has 1 heterocycles. The smallest absolute Gasteiger partial charge is 0.408 e. The van der Waals surface area contributed by atoms with Crippen molar-refractivity contribution < 1.29 is 28.6 Å². The van der Waals surface area contributed by atoms with Gasteiger partial charge in [-0.05, 0) is 90.3 Å². The van der Waals surface area contributed by atoms with Crippen molar-refractivity contribution in [3.63, 3.8) is 0 Å². The van der Waals surface area contributed by atoms with Crippen LogP contribution in [0.5, 0.6) is 0 Å². The number of likely N-dealkylation sites (tertiary alicyclic amines) is 1. The molecule has 1 saturated carbocycles. The highest BCUT2D eigenvalue weighted by Gasteiger charge is 2.32. The van der Waals surface area contributed by atoms with E-state index in [-0.39, 0.29) is 24.6 Å². The quantitative estimate of drug-likeness (QED) is 0.350. The third-order valence-electron chi connectivity index (χ3n) is 6.75. The van der Waals surface area contributed by atoms with Gasteiger partial charge in [0.2, 0.25) is 0 Å². The molecule has 1 saturated heterocycles. The van der Waals surface area contributed by atoms with Crippen molar-refractivity contribution >= 4 is 18.2 Å². The van der Waals surface area contributed by atoms with Gasteiger partial charge in [-0.2, -0.15) is 0 Å². The molecule has 1 aromatic rings. The van der Waals surface area contributed by atoms with E-state index in [0.29, 0.717) is 13.0 Å². The van der Waals surface area contributed by atoms with Crippen LogP contribution < -0.4 is 10.6 Å². The third kappa shape index (κ3) is 11.0. The highest BCUT2D eigenvalue weighted by Crippen LogP contribution is 2.25. The molecular formula is C28H43N3O6. The van der Waals surface area contributed by atoms with Gasteiger partial charge in [0.25, 0.3) is 0 Å². The maximum absolute atomic E-state index is 12.9. The van der Waals surface area contributed by atoms with Crippen LogP contribution in [0.4, 0.5) is 9.59 Å². The molecule has 1 aromatic carbocycles. The van der Waals surface area contributed by atoms with Crippen LogP contribution in [0.15, 0.2) is 30.3 Å². The Morgan fingerprint density at radius 3 is 2.32 bits per heavy atom. The first kappa shape index (κ1) is 28.8. The lowest BCUT2D eigenvalue weighted by molar-refractivity contribution is -0.152. The highest BCUT2D eigenvalue weighted by molar-refractivity contribution is 5.81. The Balaban J connectivity index is 1.39. The number of carbonyl (C=O) groups is 3. The number of benzene rings is 1. The fraction of sp³-hybridized carbons (Fsp3) is 0.679. The summed E-state index contributed by atoms with van der Waals surface area (Å²) in [4.78, 5) is 39.6. The first-order valence-corrected chi connectivity index (χ1v) is 13.5. The molecule has 2 fully saturated rings. The largest absolute Gasteiger partial charge is 0.461 e. The number of hydrogen-bond acceptors (Lipinski definition) is 7. The van der Waals surface area contributed by atoms with Crippen LogP contribution in [-0.4, -0.2) is 67.0 Å². The van der Waals surface area contributed by atoms with Gasteiger partial charge in [0, 0.05) is 13.1 Å². The van der Waals surface area contributed by atoms with Crippen LogP contribution in [0.25, 0.3) is 0 Å². The minimum atomic E-state index is -0.715. The van der Waals surface area contributed by atoms with Crippen molar-refractivity contribution in [3.8, 4) is 0 Å². The van der Waals surface area contributed by atoms with E-state index in [1.165, 1.54) is 0 Å². The zero-order valence-corrected chi connectivity index (χ0v) is 22.5. The number of esters is 1. The van der Waals surface area contributed by atoms with Gasteiger partial charge in [-0.15, -0.1) is 0 Å². The second-order valence-electron chi connectivity index (χ2n) is 11.1. The third-order valence-corrected chi connectivity index (χ3v) is 6.75. The number of piperidine rings is 1. The highest BCUT2D eigenvalue weighted by atomic mass is 16.6. The van der Waals surface area contributed by atoms with E-state index in [1.807, 2.05) is 30.3 Å². The van der Waals surface area contributed by atoms with Gasteiger partial charge in [-0.1, -0.05) is 30.3 Å². The van der Waals surface area contributed by atoms with Crippen molar-refractivity contribution in [2.75, 3.05) is 26.2 Å². The Labute approximate surface area is 220 Å². The van der Waals surface area contributed by atoms with Gasteiger partial charge < -0.3 is 29.7 Å². The van der Waals surface area contributed by atoms with Crippen molar-refractivity contribution in [3.05, 3.63) is 35.9 Å². The van der Waals surface area contributed by atoms with Crippen LogP contribution in [0.1, 0.15) is 71.3 Å². The minimum absolute atomic E-state index is 0.0517. The van der Waals surface area contributed by atoms with Gasteiger partial charge in [0.1, 0.15) is 24.4 Å². The first-order chi connectivity index (χ1) is 17.7. The van der Waals surface area contributed by atoms with E-state index in [2.05, 4.69) is 15.5 Å².